The lowest BCUT2D eigenvalue weighted by Gasteiger charge is -2.35. The van der Waals surface area contributed by atoms with Crippen molar-refractivity contribution in [3.8, 4) is 0 Å². The summed E-state index contributed by atoms with van der Waals surface area (Å²) in [5, 5.41) is 0. The monoisotopic (exact) mass is 496 g/mol. The summed E-state index contributed by atoms with van der Waals surface area (Å²) in [4.78, 5) is 2.48. The van der Waals surface area contributed by atoms with Crippen LogP contribution in [0.4, 0.5) is 5.69 Å². The van der Waals surface area contributed by atoms with Crippen LogP contribution in [0, 0.1) is 6.92 Å². The van der Waals surface area contributed by atoms with Gasteiger partial charge in [0.25, 0.3) is 0 Å². The number of benzene rings is 3. The molecule has 0 saturated carbocycles. The van der Waals surface area contributed by atoms with Crippen molar-refractivity contribution in [3.63, 3.8) is 0 Å². The first-order valence-corrected chi connectivity index (χ1v) is 12.6. The third-order valence-electron chi connectivity index (χ3n) is 7.01. The SMILES string of the molecule is Cc1ccc(S(=O)(=O)N2C[C@@H](c3ccccc3)[C@@]3(C)c4ccc(Br)cc4N(C)[C@@H]23)cc1. The minimum Gasteiger partial charge on any atom is -0.357 e. The molecule has 0 spiro atoms. The Labute approximate surface area is 192 Å². The molecule has 2 heterocycles. The maximum absolute atomic E-state index is 13.9. The van der Waals surface area contributed by atoms with E-state index in [1.54, 1.807) is 16.4 Å². The number of fused-ring (bicyclic) bond motifs is 3. The van der Waals surface area contributed by atoms with Gasteiger partial charge in [-0.15, -0.1) is 0 Å². The van der Waals surface area contributed by atoms with Crippen LogP contribution < -0.4 is 4.90 Å². The van der Waals surface area contributed by atoms with E-state index in [1.807, 2.05) is 44.3 Å². The molecule has 4 nitrogen and oxygen atoms in total. The molecular weight excluding hydrogens is 472 g/mol. The van der Waals surface area contributed by atoms with Crippen LogP contribution in [0.2, 0.25) is 0 Å². The third-order valence-corrected chi connectivity index (χ3v) is 9.34. The second kappa shape index (κ2) is 7.19. The van der Waals surface area contributed by atoms with Gasteiger partial charge in [-0.05, 0) is 42.3 Å². The molecule has 3 aromatic rings. The zero-order chi connectivity index (χ0) is 22.0. The van der Waals surface area contributed by atoms with Crippen LogP contribution in [0.5, 0.6) is 0 Å². The number of likely N-dealkylation sites (N-methyl/N-ethyl adjacent to an activating group) is 1. The summed E-state index contributed by atoms with van der Waals surface area (Å²) in [6.07, 6.45) is -0.298. The molecule has 5 rings (SSSR count). The molecule has 0 radical (unpaired) electrons. The average molecular weight is 497 g/mol. The first-order valence-electron chi connectivity index (χ1n) is 10.4. The van der Waals surface area contributed by atoms with Crippen LogP contribution in [0.25, 0.3) is 0 Å². The maximum atomic E-state index is 13.9. The summed E-state index contributed by atoms with van der Waals surface area (Å²) in [5.74, 6) is 0.0452. The summed E-state index contributed by atoms with van der Waals surface area (Å²) < 4.78 is 30.4. The molecule has 2 aliphatic heterocycles. The van der Waals surface area contributed by atoms with Gasteiger partial charge >= 0.3 is 0 Å². The largest absolute Gasteiger partial charge is 0.357 e. The third kappa shape index (κ3) is 2.99. The first-order chi connectivity index (χ1) is 14.7. The van der Waals surface area contributed by atoms with E-state index in [4.69, 9.17) is 0 Å². The number of nitrogens with zero attached hydrogens (tertiary/aromatic N) is 2. The van der Waals surface area contributed by atoms with E-state index >= 15 is 0 Å². The molecular formula is C25H25BrN2O2S. The number of hydrogen-bond donors (Lipinski definition) is 0. The number of halogens is 1. The summed E-state index contributed by atoms with van der Waals surface area (Å²) in [5.41, 5.74) is 4.11. The molecule has 0 N–H and O–H groups in total. The zero-order valence-electron chi connectivity index (χ0n) is 17.8. The smallest absolute Gasteiger partial charge is 0.244 e. The maximum Gasteiger partial charge on any atom is 0.244 e. The van der Waals surface area contributed by atoms with Gasteiger partial charge in [0.2, 0.25) is 10.0 Å². The van der Waals surface area contributed by atoms with Crippen molar-refractivity contribution in [1.29, 1.82) is 0 Å². The van der Waals surface area contributed by atoms with Gasteiger partial charge < -0.3 is 4.90 Å². The Morgan fingerprint density at radius 1 is 1.00 bits per heavy atom. The fourth-order valence-corrected chi connectivity index (χ4v) is 7.54. The van der Waals surface area contributed by atoms with Crippen molar-refractivity contribution in [3.05, 3.63) is 94.0 Å². The Morgan fingerprint density at radius 2 is 1.68 bits per heavy atom. The molecule has 160 valence electrons. The molecule has 3 aromatic carbocycles. The Morgan fingerprint density at radius 3 is 2.35 bits per heavy atom. The van der Waals surface area contributed by atoms with E-state index in [0.29, 0.717) is 11.4 Å². The van der Waals surface area contributed by atoms with Crippen molar-refractivity contribution in [2.75, 3.05) is 18.5 Å². The second-order valence-electron chi connectivity index (χ2n) is 8.78. The van der Waals surface area contributed by atoms with E-state index in [0.717, 1.165) is 15.7 Å². The molecule has 0 bridgehead atoms. The Hall–Kier alpha value is -2.15. The molecule has 2 aliphatic rings. The van der Waals surface area contributed by atoms with Crippen molar-refractivity contribution < 1.29 is 8.42 Å². The molecule has 0 aliphatic carbocycles. The van der Waals surface area contributed by atoms with Gasteiger partial charge in [0, 0.05) is 35.1 Å². The standard InChI is InChI=1S/C25H25BrN2O2S/c1-17-9-12-20(13-10-17)31(29,30)28-16-22(18-7-5-4-6-8-18)25(2)21-14-11-19(26)15-23(21)27(3)24(25)28/h4-15,22,24H,16H2,1-3H3/t22-,24-,25+/m0/s1. The highest BCUT2D eigenvalue weighted by Crippen LogP contribution is 2.58. The summed E-state index contributed by atoms with van der Waals surface area (Å²) >= 11 is 3.59. The Bertz CT molecular complexity index is 1240. The normalized spacial score (nSPS) is 25.5. The predicted octanol–water partition coefficient (Wildman–Crippen LogP) is 5.28. The lowest BCUT2D eigenvalue weighted by atomic mass is 9.71. The first kappa shape index (κ1) is 20.7. The van der Waals surface area contributed by atoms with E-state index in [-0.39, 0.29) is 17.5 Å². The lowest BCUT2D eigenvalue weighted by molar-refractivity contribution is 0.324. The van der Waals surface area contributed by atoms with Crippen molar-refractivity contribution in [2.45, 2.75) is 36.2 Å². The van der Waals surface area contributed by atoms with Gasteiger partial charge in [0.15, 0.2) is 0 Å². The summed E-state index contributed by atoms with van der Waals surface area (Å²) in [6.45, 7) is 4.63. The molecule has 3 atom stereocenters. The van der Waals surface area contributed by atoms with Crippen molar-refractivity contribution in [2.24, 2.45) is 0 Å². The molecule has 6 heteroatoms. The number of anilines is 1. The van der Waals surface area contributed by atoms with Crippen LogP contribution in [0.15, 0.2) is 82.2 Å². The van der Waals surface area contributed by atoms with Gasteiger partial charge in [0.1, 0.15) is 6.17 Å². The van der Waals surface area contributed by atoms with Gasteiger partial charge in [-0.3, -0.25) is 0 Å². The summed E-state index contributed by atoms with van der Waals surface area (Å²) in [7, 11) is -1.66. The van der Waals surface area contributed by atoms with E-state index < -0.39 is 10.0 Å². The van der Waals surface area contributed by atoms with Crippen LogP contribution in [-0.4, -0.2) is 32.5 Å². The number of hydrogen-bond acceptors (Lipinski definition) is 3. The van der Waals surface area contributed by atoms with Crippen molar-refractivity contribution in [1.82, 2.24) is 4.31 Å². The Balaban J connectivity index is 1.70. The van der Waals surface area contributed by atoms with Crippen LogP contribution >= 0.6 is 15.9 Å². The molecule has 0 unspecified atom stereocenters. The minimum atomic E-state index is -3.67. The molecule has 0 aromatic heterocycles. The zero-order valence-corrected chi connectivity index (χ0v) is 20.2. The van der Waals surface area contributed by atoms with Gasteiger partial charge in [-0.1, -0.05) is 76.9 Å². The molecule has 1 fully saturated rings. The van der Waals surface area contributed by atoms with E-state index in [2.05, 4.69) is 58.1 Å². The quantitative estimate of drug-likeness (QED) is 0.495. The second-order valence-corrected chi connectivity index (χ2v) is 11.6. The lowest BCUT2D eigenvalue weighted by Crippen LogP contribution is -2.49. The van der Waals surface area contributed by atoms with Crippen LogP contribution in [-0.2, 0) is 15.4 Å². The predicted molar refractivity (Wildman–Crippen MR) is 128 cm³/mol. The average Bonchev–Trinajstić information content (AvgIpc) is 3.18. The fourth-order valence-electron chi connectivity index (χ4n) is 5.47. The molecule has 1 saturated heterocycles. The minimum absolute atomic E-state index is 0.0452. The van der Waals surface area contributed by atoms with Gasteiger partial charge in [0.05, 0.1) is 4.90 Å². The number of aryl methyl sites for hydroxylation is 1. The fraction of sp³-hybridized carbons (Fsp3) is 0.280. The molecule has 0 amide bonds. The van der Waals surface area contributed by atoms with Gasteiger partial charge in [-0.2, -0.15) is 4.31 Å². The van der Waals surface area contributed by atoms with Crippen LogP contribution in [0.1, 0.15) is 29.5 Å². The van der Waals surface area contributed by atoms with E-state index in [1.165, 1.54) is 11.1 Å². The summed E-state index contributed by atoms with van der Waals surface area (Å²) in [6, 6.07) is 23.8. The van der Waals surface area contributed by atoms with Crippen molar-refractivity contribution >= 4 is 31.6 Å². The van der Waals surface area contributed by atoms with Crippen LogP contribution in [0.3, 0.4) is 0 Å². The number of sulfonamides is 1. The highest BCUT2D eigenvalue weighted by atomic mass is 79.9. The number of rotatable bonds is 3. The molecule has 31 heavy (non-hydrogen) atoms. The van der Waals surface area contributed by atoms with Gasteiger partial charge in [-0.25, -0.2) is 8.42 Å². The topological polar surface area (TPSA) is 40.6 Å². The Kier molecular flexibility index (Phi) is 4.81. The van der Waals surface area contributed by atoms with E-state index in [9.17, 15) is 8.42 Å². The highest BCUT2D eigenvalue weighted by Gasteiger charge is 2.62. The highest BCUT2D eigenvalue weighted by molar-refractivity contribution is 9.10.